The van der Waals surface area contributed by atoms with Crippen LogP contribution in [0.5, 0.6) is 11.5 Å². The maximum absolute atomic E-state index is 12.3. The van der Waals surface area contributed by atoms with E-state index in [0.29, 0.717) is 21.3 Å². The van der Waals surface area contributed by atoms with Gasteiger partial charge in [0.2, 0.25) is 5.90 Å². The molecule has 6 nitrogen and oxygen atoms in total. The lowest BCUT2D eigenvalue weighted by Gasteiger charge is -2.09. The van der Waals surface area contributed by atoms with Crippen molar-refractivity contribution in [2.45, 2.75) is 6.92 Å². The summed E-state index contributed by atoms with van der Waals surface area (Å²) in [5, 5.41) is 0. The second-order valence-electron chi connectivity index (χ2n) is 5.47. The van der Waals surface area contributed by atoms with E-state index in [1.807, 2.05) is 0 Å². The summed E-state index contributed by atoms with van der Waals surface area (Å²) in [4.78, 5) is 27.9. The van der Waals surface area contributed by atoms with E-state index in [1.165, 1.54) is 13.0 Å². The fraction of sp³-hybridized carbons (Fsp3) is 0.105. The third-order valence-corrected chi connectivity index (χ3v) is 4.56. The van der Waals surface area contributed by atoms with Crippen molar-refractivity contribution < 1.29 is 23.8 Å². The van der Waals surface area contributed by atoms with E-state index in [4.69, 9.17) is 14.2 Å². The number of halogens is 2. The highest BCUT2D eigenvalue weighted by Crippen LogP contribution is 2.35. The first-order valence-electron chi connectivity index (χ1n) is 7.72. The molecule has 8 heteroatoms. The second-order valence-corrected chi connectivity index (χ2v) is 7.24. The van der Waals surface area contributed by atoms with Gasteiger partial charge in [0.25, 0.3) is 0 Å². The number of ether oxygens (including phenoxy) is 3. The zero-order chi connectivity index (χ0) is 19.6. The molecule has 0 unspecified atom stereocenters. The lowest BCUT2D eigenvalue weighted by Crippen LogP contribution is -2.06. The average molecular weight is 495 g/mol. The van der Waals surface area contributed by atoms with Gasteiger partial charge in [0.15, 0.2) is 11.4 Å². The van der Waals surface area contributed by atoms with Crippen molar-refractivity contribution in [2.24, 2.45) is 4.99 Å². The maximum atomic E-state index is 12.3. The molecule has 138 valence electrons. The molecular weight excluding hydrogens is 482 g/mol. The zero-order valence-electron chi connectivity index (χ0n) is 14.3. The van der Waals surface area contributed by atoms with Gasteiger partial charge in [-0.3, -0.25) is 4.79 Å². The molecule has 0 saturated heterocycles. The van der Waals surface area contributed by atoms with Gasteiger partial charge in [0, 0.05) is 22.5 Å². The summed E-state index contributed by atoms with van der Waals surface area (Å²) < 4.78 is 17.0. The Balaban J connectivity index is 2.03. The highest BCUT2D eigenvalue weighted by Gasteiger charge is 2.25. The Labute approximate surface area is 172 Å². The van der Waals surface area contributed by atoms with Crippen LogP contribution in [0.2, 0.25) is 0 Å². The monoisotopic (exact) mass is 493 g/mol. The molecule has 1 aliphatic rings. The topological polar surface area (TPSA) is 74.2 Å². The predicted octanol–water partition coefficient (Wildman–Crippen LogP) is 4.49. The van der Waals surface area contributed by atoms with Crippen molar-refractivity contribution in [2.75, 3.05) is 7.11 Å². The number of carbonyl (C=O) groups is 2. The van der Waals surface area contributed by atoms with Crippen LogP contribution < -0.4 is 9.47 Å². The smallest absolute Gasteiger partial charge is 0.363 e. The summed E-state index contributed by atoms with van der Waals surface area (Å²) in [5.41, 5.74) is 1.20. The van der Waals surface area contributed by atoms with Gasteiger partial charge in [0.05, 0.1) is 11.6 Å². The van der Waals surface area contributed by atoms with E-state index < -0.39 is 11.9 Å². The van der Waals surface area contributed by atoms with Gasteiger partial charge in [0.1, 0.15) is 5.75 Å². The van der Waals surface area contributed by atoms with E-state index >= 15 is 0 Å². The summed E-state index contributed by atoms with van der Waals surface area (Å²) >= 11 is 6.73. The first-order valence-corrected chi connectivity index (χ1v) is 9.30. The molecule has 0 aliphatic carbocycles. The Morgan fingerprint density at radius 3 is 2.70 bits per heavy atom. The standard InChI is InChI=1S/C19H13Br2NO5/c1-10(23)26-17-12(6-13(20)9-15(17)21)8-16-19(24)27-18(22-16)11-4-3-5-14(7-11)25-2/h3-9H,1-2H3/b16-8-. The van der Waals surface area contributed by atoms with Gasteiger partial charge in [-0.1, -0.05) is 22.0 Å². The summed E-state index contributed by atoms with van der Waals surface area (Å²) in [6.07, 6.45) is 1.50. The van der Waals surface area contributed by atoms with Crippen LogP contribution in [0, 0.1) is 0 Å². The largest absolute Gasteiger partial charge is 0.497 e. The van der Waals surface area contributed by atoms with Crippen LogP contribution in [0.25, 0.3) is 6.08 Å². The first-order chi connectivity index (χ1) is 12.9. The fourth-order valence-electron chi connectivity index (χ4n) is 2.37. The molecule has 27 heavy (non-hydrogen) atoms. The van der Waals surface area contributed by atoms with Crippen LogP contribution >= 0.6 is 31.9 Å². The minimum atomic E-state index is -0.599. The van der Waals surface area contributed by atoms with Crippen molar-refractivity contribution in [1.29, 1.82) is 0 Å². The van der Waals surface area contributed by atoms with Crippen molar-refractivity contribution >= 4 is 55.8 Å². The summed E-state index contributed by atoms with van der Waals surface area (Å²) in [6.45, 7) is 1.30. The van der Waals surface area contributed by atoms with Crippen LogP contribution in [0.15, 0.2) is 56.0 Å². The van der Waals surface area contributed by atoms with Crippen LogP contribution in [0.3, 0.4) is 0 Å². The molecule has 1 heterocycles. The third-order valence-electron chi connectivity index (χ3n) is 3.51. The number of benzene rings is 2. The number of aliphatic imine (C=N–C) groups is 1. The molecule has 2 aromatic carbocycles. The van der Waals surface area contributed by atoms with E-state index in [0.717, 1.165) is 4.47 Å². The fourth-order valence-corrected chi connectivity index (χ4v) is 3.71. The number of methoxy groups -OCH3 is 1. The highest BCUT2D eigenvalue weighted by molar-refractivity contribution is 9.11. The van der Waals surface area contributed by atoms with Crippen LogP contribution in [0.4, 0.5) is 0 Å². The van der Waals surface area contributed by atoms with Crippen molar-refractivity contribution in [3.05, 3.63) is 62.2 Å². The Bertz CT molecular complexity index is 998. The molecule has 0 fully saturated rings. The molecule has 0 bridgehead atoms. The van der Waals surface area contributed by atoms with Gasteiger partial charge in [-0.15, -0.1) is 0 Å². The molecule has 0 atom stereocenters. The van der Waals surface area contributed by atoms with Crippen LogP contribution in [0.1, 0.15) is 18.1 Å². The lowest BCUT2D eigenvalue weighted by molar-refractivity contribution is -0.132. The lowest BCUT2D eigenvalue weighted by atomic mass is 10.1. The van der Waals surface area contributed by atoms with Crippen molar-refractivity contribution in [3.8, 4) is 11.5 Å². The van der Waals surface area contributed by atoms with Gasteiger partial charge < -0.3 is 14.2 Å². The Morgan fingerprint density at radius 2 is 2.00 bits per heavy atom. The number of nitrogens with zero attached hydrogens (tertiary/aromatic N) is 1. The van der Waals surface area contributed by atoms with E-state index in [1.54, 1.807) is 43.5 Å². The number of esters is 2. The van der Waals surface area contributed by atoms with E-state index in [9.17, 15) is 9.59 Å². The molecule has 0 N–H and O–H groups in total. The number of cyclic esters (lactones) is 1. The predicted molar refractivity (Wildman–Crippen MR) is 107 cm³/mol. The molecule has 0 radical (unpaired) electrons. The van der Waals surface area contributed by atoms with Gasteiger partial charge in [-0.25, -0.2) is 9.79 Å². The zero-order valence-corrected chi connectivity index (χ0v) is 17.5. The first kappa shape index (κ1) is 19.3. The third kappa shape index (κ3) is 4.45. The van der Waals surface area contributed by atoms with Crippen LogP contribution in [-0.2, 0) is 14.3 Å². The van der Waals surface area contributed by atoms with Gasteiger partial charge in [-0.05, 0) is 52.3 Å². The second kappa shape index (κ2) is 8.06. The molecule has 2 aromatic rings. The minimum absolute atomic E-state index is 0.0891. The Morgan fingerprint density at radius 1 is 1.22 bits per heavy atom. The molecule has 0 spiro atoms. The maximum Gasteiger partial charge on any atom is 0.363 e. The van der Waals surface area contributed by atoms with Crippen LogP contribution in [-0.4, -0.2) is 24.9 Å². The average Bonchev–Trinajstić information content (AvgIpc) is 2.98. The quantitative estimate of drug-likeness (QED) is 0.355. The molecular formula is C19H13Br2NO5. The summed E-state index contributed by atoms with van der Waals surface area (Å²) in [5.74, 6) is 0.00552. The van der Waals surface area contributed by atoms with E-state index in [-0.39, 0.29) is 17.3 Å². The SMILES string of the molecule is COc1cccc(C2=N/C(=C\c3cc(Br)cc(Br)c3OC(C)=O)C(=O)O2)c1. The molecule has 0 amide bonds. The Hall–Kier alpha value is -2.45. The molecule has 1 aliphatic heterocycles. The normalized spacial score (nSPS) is 14.7. The number of carbonyl (C=O) groups excluding carboxylic acids is 2. The number of hydrogen-bond donors (Lipinski definition) is 0. The number of rotatable bonds is 4. The Kier molecular flexibility index (Phi) is 5.76. The van der Waals surface area contributed by atoms with Crippen molar-refractivity contribution in [3.63, 3.8) is 0 Å². The van der Waals surface area contributed by atoms with Gasteiger partial charge in [-0.2, -0.15) is 0 Å². The molecule has 0 saturated carbocycles. The van der Waals surface area contributed by atoms with Crippen molar-refractivity contribution in [1.82, 2.24) is 0 Å². The summed E-state index contributed by atoms with van der Waals surface area (Å²) in [7, 11) is 1.55. The van der Waals surface area contributed by atoms with E-state index in [2.05, 4.69) is 36.9 Å². The summed E-state index contributed by atoms with van der Waals surface area (Å²) in [6, 6.07) is 10.5. The minimum Gasteiger partial charge on any atom is -0.497 e. The number of hydrogen-bond acceptors (Lipinski definition) is 6. The molecule has 3 rings (SSSR count). The van der Waals surface area contributed by atoms with Gasteiger partial charge >= 0.3 is 11.9 Å². The highest BCUT2D eigenvalue weighted by atomic mass is 79.9. The molecule has 0 aromatic heterocycles.